The van der Waals surface area contributed by atoms with Gasteiger partial charge < -0.3 is 9.73 Å². The number of furan rings is 1. The quantitative estimate of drug-likeness (QED) is 0.887. The summed E-state index contributed by atoms with van der Waals surface area (Å²) in [5.41, 5.74) is 0.990. The van der Waals surface area contributed by atoms with Crippen molar-refractivity contribution in [1.29, 1.82) is 0 Å². The average Bonchev–Trinajstić information content (AvgIpc) is 3.00. The molecule has 5 nitrogen and oxygen atoms in total. The van der Waals surface area contributed by atoms with Crippen molar-refractivity contribution in [3.05, 3.63) is 54.0 Å². The molecule has 1 N–H and O–H groups in total. The third-order valence-corrected chi connectivity index (χ3v) is 5.06. The molecule has 0 unspecified atom stereocenters. The average molecular weight is 321 g/mol. The van der Waals surface area contributed by atoms with Gasteiger partial charge in [0.15, 0.2) is 9.84 Å². The minimum atomic E-state index is -3.45. The first-order chi connectivity index (χ1) is 10.4. The molecule has 22 heavy (non-hydrogen) atoms. The largest absolute Gasteiger partial charge is 0.467 e. The zero-order valence-electron chi connectivity index (χ0n) is 12.6. The molecule has 0 saturated heterocycles. The van der Waals surface area contributed by atoms with Crippen LogP contribution in [0.15, 0.2) is 52.0 Å². The minimum Gasteiger partial charge on any atom is -0.467 e. The fourth-order valence-corrected chi connectivity index (χ4v) is 3.25. The van der Waals surface area contributed by atoms with E-state index in [-0.39, 0.29) is 29.0 Å². The molecule has 2 aromatic rings. The number of hydrogen-bond donors (Lipinski definition) is 1. The summed E-state index contributed by atoms with van der Waals surface area (Å²) in [6.45, 7) is 3.67. The number of hydrogen-bond acceptors (Lipinski definition) is 4. The Hall–Kier alpha value is -2.08. The second-order valence-electron chi connectivity index (χ2n) is 5.19. The Bertz CT molecular complexity index is 718. The summed E-state index contributed by atoms with van der Waals surface area (Å²) in [7, 11) is -3.45. The first-order valence-electron chi connectivity index (χ1n) is 7.01. The third kappa shape index (κ3) is 4.21. The molecule has 1 aromatic heterocycles. The highest BCUT2D eigenvalue weighted by Crippen LogP contribution is 2.15. The van der Waals surface area contributed by atoms with Crippen LogP contribution in [0.5, 0.6) is 0 Å². The van der Waals surface area contributed by atoms with E-state index in [4.69, 9.17) is 4.42 Å². The first-order valence-corrected chi connectivity index (χ1v) is 8.66. The van der Waals surface area contributed by atoms with Gasteiger partial charge in [-0.25, -0.2) is 8.42 Å². The van der Waals surface area contributed by atoms with Crippen molar-refractivity contribution in [2.24, 2.45) is 0 Å². The molecular formula is C16H19NO4S. The molecule has 1 heterocycles. The van der Waals surface area contributed by atoms with E-state index in [0.717, 1.165) is 5.56 Å². The topological polar surface area (TPSA) is 76.4 Å². The molecule has 1 atom stereocenters. The fourth-order valence-electron chi connectivity index (χ4n) is 2.01. The van der Waals surface area contributed by atoms with Crippen molar-refractivity contribution < 1.29 is 17.6 Å². The highest BCUT2D eigenvalue weighted by atomic mass is 32.2. The lowest BCUT2D eigenvalue weighted by Crippen LogP contribution is -2.28. The van der Waals surface area contributed by atoms with Crippen LogP contribution >= 0.6 is 0 Å². The van der Waals surface area contributed by atoms with E-state index in [2.05, 4.69) is 5.32 Å². The summed E-state index contributed by atoms with van der Waals surface area (Å²) >= 11 is 0. The Morgan fingerprint density at radius 3 is 2.50 bits per heavy atom. The van der Waals surface area contributed by atoms with Gasteiger partial charge in [0.2, 0.25) is 5.91 Å². The van der Waals surface area contributed by atoms with Crippen LogP contribution in [0, 0.1) is 6.92 Å². The van der Waals surface area contributed by atoms with Crippen LogP contribution in [0.4, 0.5) is 0 Å². The highest BCUT2D eigenvalue weighted by molar-refractivity contribution is 7.91. The predicted octanol–water partition coefficient (Wildman–Crippen LogP) is 2.63. The van der Waals surface area contributed by atoms with Gasteiger partial charge in [0.05, 0.1) is 23.0 Å². The summed E-state index contributed by atoms with van der Waals surface area (Å²) in [5, 5.41) is 2.72. The molecule has 1 amide bonds. The Morgan fingerprint density at radius 2 is 1.91 bits per heavy atom. The van der Waals surface area contributed by atoms with Crippen LogP contribution in [-0.2, 0) is 14.6 Å². The fraction of sp³-hybridized carbons (Fsp3) is 0.312. The standard InChI is InChI=1S/C16H19NO4S/c1-12-5-7-14(8-6-12)22(19,20)11-9-16(18)17-13(2)15-4-3-10-21-15/h3-8,10,13H,9,11H2,1-2H3,(H,17,18)/t13-/m1/s1. The molecule has 0 fully saturated rings. The molecule has 1 aromatic carbocycles. The van der Waals surface area contributed by atoms with Crippen molar-refractivity contribution in [1.82, 2.24) is 5.32 Å². The lowest BCUT2D eigenvalue weighted by Gasteiger charge is -2.11. The van der Waals surface area contributed by atoms with Crippen molar-refractivity contribution in [3.8, 4) is 0 Å². The van der Waals surface area contributed by atoms with Gasteiger partial charge in [-0.15, -0.1) is 0 Å². The molecule has 0 aliphatic carbocycles. The van der Waals surface area contributed by atoms with E-state index in [1.807, 2.05) is 6.92 Å². The number of sulfone groups is 1. The van der Waals surface area contributed by atoms with Crippen LogP contribution in [0.1, 0.15) is 30.7 Å². The predicted molar refractivity (Wildman–Crippen MR) is 83.1 cm³/mol. The van der Waals surface area contributed by atoms with Crippen LogP contribution in [0.25, 0.3) is 0 Å². The minimum absolute atomic E-state index is 0.0821. The maximum atomic E-state index is 12.2. The van der Waals surface area contributed by atoms with Gasteiger partial charge in [-0.3, -0.25) is 4.79 Å². The van der Waals surface area contributed by atoms with Gasteiger partial charge in [-0.2, -0.15) is 0 Å². The molecule has 6 heteroatoms. The van der Waals surface area contributed by atoms with Crippen LogP contribution in [0.3, 0.4) is 0 Å². The Kier molecular flexibility index (Phi) is 5.03. The summed E-state index contributed by atoms with van der Waals surface area (Å²) < 4.78 is 29.5. The summed E-state index contributed by atoms with van der Waals surface area (Å²) in [6, 6.07) is 9.82. The zero-order chi connectivity index (χ0) is 16.2. The van der Waals surface area contributed by atoms with E-state index in [1.165, 1.54) is 6.26 Å². The Balaban J connectivity index is 1.91. The lowest BCUT2D eigenvalue weighted by atomic mass is 10.2. The molecule has 0 saturated carbocycles. The van der Waals surface area contributed by atoms with E-state index in [0.29, 0.717) is 5.76 Å². The van der Waals surface area contributed by atoms with Gasteiger partial charge in [0, 0.05) is 6.42 Å². The molecule has 0 bridgehead atoms. The number of carbonyl (C=O) groups is 1. The number of rotatable bonds is 6. The SMILES string of the molecule is Cc1ccc(S(=O)(=O)CCC(=O)N[C@H](C)c2ccco2)cc1. The maximum absolute atomic E-state index is 12.2. The second kappa shape index (κ2) is 6.79. The van der Waals surface area contributed by atoms with Crippen molar-refractivity contribution in [3.63, 3.8) is 0 Å². The van der Waals surface area contributed by atoms with Gasteiger partial charge >= 0.3 is 0 Å². The molecule has 0 radical (unpaired) electrons. The number of amides is 1. The number of carbonyl (C=O) groups excluding carboxylic acids is 1. The monoisotopic (exact) mass is 321 g/mol. The van der Waals surface area contributed by atoms with E-state index >= 15 is 0 Å². The number of nitrogens with one attached hydrogen (secondary N) is 1. The third-order valence-electron chi connectivity index (χ3n) is 3.33. The highest BCUT2D eigenvalue weighted by Gasteiger charge is 2.18. The smallest absolute Gasteiger partial charge is 0.221 e. The molecule has 0 aliphatic rings. The number of benzene rings is 1. The summed E-state index contributed by atoms with van der Waals surface area (Å²) in [4.78, 5) is 12.1. The first kappa shape index (κ1) is 16.3. The summed E-state index contributed by atoms with van der Waals surface area (Å²) in [5.74, 6) is 0.0987. The van der Waals surface area contributed by atoms with E-state index in [9.17, 15) is 13.2 Å². The van der Waals surface area contributed by atoms with Crippen LogP contribution in [-0.4, -0.2) is 20.1 Å². The van der Waals surface area contributed by atoms with Crippen LogP contribution in [0.2, 0.25) is 0 Å². The molecule has 0 spiro atoms. The van der Waals surface area contributed by atoms with Crippen molar-refractivity contribution in [2.75, 3.05) is 5.75 Å². The van der Waals surface area contributed by atoms with Gasteiger partial charge in [0.1, 0.15) is 5.76 Å². The maximum Gasteiger partial charge on any atom is 0.221 e. The summed E-state index contributed by atoms with van der Waals surface area (Å²) in [6.07, 6.45) is 1.45. The zero-order valence-corrected chi connectivity index (χ0v) is 13.4. The van der Waals surface area contributed by atoms with Crippen molar-refractivity contribution in [2.45, 2.75) is 31.2 Å². The second-order valence-corrected chi connectivity index (χ2v) is 7.30. The van der Waals surface area contributed by atoms with E-state index < -0.39 is 9.84 Å². The Labute approximate surface area is 130 Å². The van der Waals surface area contributed by atoms with Gasteiger partial charge in [-0.05, 0) is 38.1 Å². The van der Waals surface area contributed by atoms with Crippen molar-refractivity contribution >= 4 is 15.7 Å². The molecule has 118 valence electrons. The lowest BCUT2D eigenvalue weighted by molar-refractivity contribution is -0.121. The van der Waals surface area contributed by atoms with Gasteiger partial charge in [0.25, 0.3) is 0 Å². The molecule has 2 rings (SSSR count). The van der Waals surface area contributed by atoms with E-state index in [1.54, 1.807) is 43.3 Å². The molecule has 0 aliphatic heterocycles. The Morgan fingerprint density at radius 1 is 1.23 bits per heavy atom. The normalized spacial score (nSPS) is 12.8. The number of aryl methyl sites for hydroxylation is 1. The van der Waals surface area contributed by atoms with Gasteiger partial charge in [-0.1, -0.05) is 17.7 Å². The molecular weight excluding hydrogens is 302 g/mol. The van der Waals surface area contributed by atoms with Crippen LogP contribution < -0.4 is 5.32 Å².